The van der Waals surface area contributed by atoms with Gasteiger partial charge in [0.1, 0.15) is 4.70 Å². The summed E-state index contributed by atoms with van der Waals surface area (Å²) in [5, 5.41) is 2.07. The Morgan fingerprint density at radius 2 is 1.95 bits per heavy atom. The molecule has 0 aliphatic carbocycles. The van der Waals surface area contributed by atoms with Gasteiger partial charge < -0.3 is 9.64 Å². The number of fused-ring (bicyclic) bond motifs is 2. The van der Waals surface area contributed by atoms with Gasteiger partial charge in [-0.25, -0.2) is 0 Å². The summed E-state index contributed by atoms with van der Waals surface area (Å²) in [5.74, 6) is 0.743. The van der Waals surface area contributed by atoms with Gasteiger partial charge in [-0.3, -0.25) is 13.3 Å². The molecule has 2 heterocycles. The zero-order valence-corrected chi connectivity index (χ0v) is 24.8. The van der Waals surface area contributed by atoms with E-state index in [1.165, 1.54) is 0 Å². The Labute approximate surface area is 243 Å². The highest BCUT2D eigenvalue weighted by molar-refractivity contribution is 7.85. The average molecular weight is 635 g/mol. The lowest BCUT2D eigenvalue weighted by Gasteiger charge is -2.18. The van der Waals surface area contributed by atoms with Crippen molar-refractivity contribution >= 4 is 78.0 Å². The van der Waals surface area contributed by atoms with Crippen LogP contribution < -0.4 is 14.2 Å². The Morgan fingerprint density at radius 1 is 1.21 bits per heavy atom. The van der Waals surface area contributed by atoms with Crippen LogP contribution >= 0.6 is 34.5 Å². The number of hydrogen-bond acceptors (Lipinski definition) is 7. The summed E-state index contributed by atoms with van der Waals surface area (Å²) in [7, 11) is -4.10. The molecule has 2 N–H and O–H groups in total. The molecule has 0 bridgehead atoms. The molecule has 0 radical (unpaired) electrons. The molecule has 4 rings (SSSR count). The van der Waals surface area contributed by atoms with Gasteiger partial charge in [-0.05, 0) is 48.7 Å². The molecule has 9 nitrogen and oxygen atoms in total. The van der Waals surface area contributed by atoms with Crippen molar-refractivity contribution in [1.82, 2.24) is 0 Å². The molecule has 0 saturated carbocycles. The monoisotopic (exact) mass is 633 g/mol. The van der Waals surface area contributed by atoms with E-state index in [0.717, 1.165) is 20.8 Å². The number of allylic oxidation sites excluding steroid dienone is 2. The summed E-state index contributed by atoms with van der Waals surface area (Å²) in [6.07, 6.45) is 5.33. The van der Waals surface area contributed by atoms with Gasteiger partial charge in [0.25, 0.3) is 15.1 Å². The van der Waals surface area contributed by atoms with Crippen molar-refractivity contribution in [3.63, 3.8) is 0 Å². The molecule has 0 saturated heterocycles. The van der Waals surface area contributed by atoms with Gasteiger partial charge in [-0.1, -0.05) is 41.5 Å². The summed E-state index contributed by atoms with van der Waals surface area (Å²) >= 11 is 11.8. The summed E-state index contributed by atoms with van der Waals surface area (Å²) in [4.78, 5) is 1.85. The van der Waals surface area contributed by atoms with Crippen molar-refractivity contribution in [2.45, 2.75) is 32.7 Å². The third-order valence-corrected chi connectivity index (χ3v) is 8.66. The lowest BCUT2D eigenvalue weighted by molar-refractivity contribution is -0.669. The summed E-state index contributed by atoms with van der Waals surface area (Å²) in [6, 6.07) is 10.9. The van der Waals surface area contributed by atoms with E-state index in [-0.39, 0.29) is 18.8 Å². The van der Waals surface area contributed by atoms with E-state index < -0.39 is 21.5 Å². The van der Waals surface area contributed by atoms with E-state index in [1.807, 2.05) is 42.2 Å². The molecular formula is C25H27Cl2N2O7S3+. The van der Waals surface area contributed by atoms with Crippen molar-refractivity contribution in [3.8, 4) is 5.75 Å². The molecule has 0 amide bonds. The largest absolute Gasteiger partial charge is 0.439 e. The Kier molecular flexibility index (Phi) is 10.0. The quantitative estimate of drug-likeness (QED) is 0.110. The van der Waals surface area contributed by atoms with Crippen molar-refractivity contribution in [2.24, 2.45) is 0 Å². The maximum atomic E-state index is 11.3. The second-order valence-corrected chi connectivity index (χ2v) is 12.8. The van der Waals surface area contributed by atoms with Gasteiger partial charge in [-0.2, -0.15) is 17.2 Å². The van der Waals surface area contributed by atoms with E-state index in [1.54, 1.807) is 29.5 Å². The minimum absolute atomic E-state index is 0.120. The normalized spacial score (nSPS) is 15.7. The standard InChI is InChI=1S/C25H26Cl2N2O7S3/c1-2-17(13-24-28(10-4-12-39(32,33)34)20-15-18(26)5-7-22(20)36-24)14-25-29(9-3-11-35-38(30)31)21-16-19(27)6-8-23(21)37-25/h5-8,13-16H,2-4,9-12H2,1H3,(H-,30,31,32,33,34)/p+1. The van der Waals surface area contributed by atoms with Crippen LogP contribution in [-0.2, 0) is 32.2 Å². The Balaban J connectivity index is 1.68. The third kappa shape index (κ3) is 8.01. The average Bonchev–Trinajstić information content (AvgIpc) is 3.37. The second-order valence-electron chi connectivity index (χ2n) is 8.66. The number of ether oxygens (including phenoxy) is 1. The van der Waals surface area contributed by atoms with E-state index in [4.69, 9.17) is 36.7 Å². The maximum absolute atomic E-state index is 11.3. The molecule has 1 aliphatic heterocycles. The minimum atomic E-state index is -4.10. The Morgan fingerprint density at radius 3 is 2.67 bits per heavy atom. The molecule has 210 valence electrons. The summed E-state index contributed by atoms with van der Waals surface area (Å²) in [6.45, 7) is 2.97. The topological polar surface area (TPSA) is 117 Å². The third-order valence-electron chi connectivity index (χ3n) is 5.90. The van der Waals surface area contributed by atoms with Crippen LogP contribution in [0.2, 0.25) is 10.0 Å². The van der Waals surface area contributed by atoms with Gasteiger partial charge in [-0.15, -0.1) is 0 Å². The van der Waals surface area contributed by atoms with E-state index >= 15 is 0 Å². The molecular weight excluding hydrogens is 607 g/mol. The first-order valence-electron chi connectivity index (χ1n) is 12.0. The molecule has 0 spiro atoms. The first kappa shape index (κ1) is 29.9. The second kappa shape index (κ2) is 13.1. The molecule has 14 heteroatoms. The number of hydrogen-bond donors (Lipinski definition) is 2. The van der Waals surface area contributed by atoms with Crippen LogP contribution in [-0.4, -0.2) is 40.6 Å². The molecule has 2 aromatic carbocycles. The maximum Gasteiger partial charge on any atom is 0.301 e. The molecule has 1 aromatic heterocycles. The van der Waals surface area contributed by atoms with Crippen LogP contribution in [0.5, 0.6) is 5.75 Å². The highest BCUT2D eigenvalue weighted by Gasteiger charge is 2.27. The zero-order chi connectivity index (χ0) is 28.2. The zero-order valence-electron chi connectivity index (χ0n) is 20.9. The predicted molar refractivity (Wildman–Crippen MR) is 155 cm³/mol. The van der Waals surface area contributed by atoms with Crippen molar-refractivity contribution in [3.05, 3.63) is 69.0 Å². The van der Waals surface area contributed by atoms with Gasteiger partial charge in [0.15, 0.2) is 12.3 Å². The van der Waals surface area contributed by atoms with E-state index in [0.29, 0.717) is 53.3 Å². The lowest BCUT2D eigenvalue weighted by atomic mass is 10.2. The molecule has 1 atom stereocenters. The summed E-state index contributed by atoms with van der Waals surface area (Å²) in [5.41, 5.74) is 2.60. The van der Waals surface area contributed by atoms with Gasteiger partial charge >= 0.3 is 11.4 Å². The van der Waals surface area contributed by atoms with Crippen LogP contribution in [0.15, 0.2) is 53.9 Å². The van der Waals surface area contributed by atoms with Crippen LogP contribution in [0.3, 0.4) is 0 Å². The SMILES string of the molecule is CCC(=Cc1sc2ccc(Cl)cc2[n+]1CCCOS(=O)O)C=C1Oc2ccc(Cl)cc2N1CCCS(=O)(=O)O. The van der Waals surface area contributed by atoms with Gasteiger partial charge in [0.05, 0.1) is 18.0 Å². The number of benzene rings is 2. The number of aryl methyl sites for hydroxylation is 1. The van der Waals surface area contributed by atoms with Crippen LogP contribution in [0.25, 0.3) is 16.3 Å². The molecule has 1 unspecified atom stereocenters. The van der Waals surface area contributed by atoms with E-state index in [9.17, 15) is 17.2 Å². The molecule has 1 aliphatic rings. The first-order chi connectivity index (χ1) is 18.5. The fourth-order valence-corrected chi connectivity index (χ4v) is 6.38. The van der Waals surface area contributed by atoms with Crippen molar-refractivity contribution < 1.29 is 35.2 Å². The van der Waals surface area contributed by atoms with Crippen molar-refractivity contribution in [2.75, 3.05) is 23.8 Å². The first-order valence-corrected chi connectivity index (χ1v) is 16.2. The van der Waals surface area contributed by atoms with Gasteiger partial charge in [0, 0.05) is 41.2 Å². The fourth-order valence-electron chi connectivity index (χ4n) is 4.15. The minimum Gasteiger partial charge on any atom is -0.439 e. The van der Waals surface area contributed by atoms with Gasteiger partial charge in [0.2, 0.25) is 11.4 Å². The number of halogens is 2. The molecule has 39 heavy (non-hydrogen) atoms. The highest BCUT2D eigenvalue weighted by atomic mass is 35.5. The number of aromatic nitrogens is 1. The number of thiazole rings is 1. The summed E-state index contributed by atoms with van der Waals surface area (Å²) < 4.78 is 65.6. The highest BCUT2D eigenvalue weighted by Crippen LogP contribution is 2.41. The van der Waals surface area contributed by atoms with Crippen LogP contribution in [0.4, 0.5) is 5.69 Å². The predicted octanol–water partition coefficient (Wildman–Crippen LogP) is 5.85. The number of anilines is 1. The molecule has 3 aromatic rings. The fraction of sp³-hybridized carbons (Fsp3) is 0.320. The molecule has 0 fully saturated rings. The number of nitrogens with zero attached hydrogens (tertiary/aromatic N) is 2. The smallest absolute Gasteiger partial charge is 0.301 e. The Hall–Kier alpha value is -2.03. The van der Waals surface area contributed by atoms with Crippen LogP contribution in [0, 0.1) is 0 Å². The van der Waals surface area contributed by atoms with E-state index in [2.05, 4.69) is 4.57 Å². The Bertz CT molecular complexity index is 1550. The van der Waals surface area contributed by atoms with Crippen molar-refractivity contribution in [1.29, 1.82) is 0 Å². The van der Waals surface area contributed by atoms with Crippen LogP contribution in [0.1, 0.15) is 31.2 Å². The lowest BCUT2D eigenvalue weighted by Crippen LogP contribution is -2.35. The number of rotatable bonds is 12.